The van der Waals surface area contributed by atoms with E-state index >= 15 is 0 Å². The van der Waals surface area contributed by atoms with Crippen LogP contribution in [0.3, 0.4) is 0 Å². The summed E-state index contributed by atoms with van der Waals surface area (Å²) >= 11 is 0. The normalized spacial score (nSPS) is 10.1. The number of aromatic nitrogens is 1. The molecule has 0 saturated carbocycles. The Morgan fingerprint density at radius 1 is 1.12 bits per heavy atom. The monoisotopic (exact) mass is 344 g/mol. The number of carboxylic acids is 1. The van der Waals surface area contributed by atoms with Crippen molar-refractivity contribution in [3.63, 3.8) is 0 Å². The maximum Gasteiger partial charge on any atom is 0.305 e. The van der Waals surface area contributed by atoms with Gasteiger partial charge in [0.05, 0.1) is 6.42 Å². The molecule has 1 N–H and O–H groups in total. The Balaban J connectivity index is 1.84. The van der Waals surface area contributed by atoms with Gasteiger partial charge in [-0.2, -0.15) is 0 Å². The summed E-state index contributed by atoms with van der Waals surface area (Å²) in [7, 11) is 0. The fourth-order valence-electron chi connectivity index (χ4n) is 2.06. The first kappa shape index (κ1) is 18.3. The molecule has 7 nitrogen and oxygen atoms in total. The van der Waals surface area contributed by atoms with Crippen LogP contribution < -0.4 is 9.47 Å². The molecule has 0 saturated heterocycles. The van der Waals surface area contributed by atoms with E-state index in [0.717, 1.165) is 0 Å². The quantitative estimate of drug-likeness (QED) is 0.752. The summed E-state index contributed by atoms with van der Waals surface area (Å²) < 4.78 is 11.0. The van der Waals surface area contributed by atoms with Crippen LogP contribution in [0.1, 0.15) is 13.3 Å². The van der Waals surface area contributed by atoms with Crippen LogP contribution in [0.4, 0.5) is 0 Å². The van der Waals surface area contributed by atoms with Crippen molar-refractivity contribution in [2.24, 2.45) is 0 Å². The van der Waals surface area contributed by atoms with E-state index in [0.29, 0.717) is 23.9 Å². The van der Waals surface area contributed by atoms with Gasteiger partial charge in [0.2, 0.25) is 5.88 Å². The van der Waals surface area contributed by atoms with Gasteiger partial charge in [-0.05, 0) is 37.3 Å². The number of carbonyl (C=O) groups is 2. The van der Waals surface area contributed by atoms with Crippen molar-refractivity contribution in [3.8, 4) is 17.4 Å². The lowest BCUT2D eigenvalue weighted by atomic mass is 10.3. The van der Waals surface area contributed by atoms with Gasteiger partial charge in [0.15, 0.2) is 6.61 Å². The van der Waals surface area contributed by atoms with Crippen molar-refractivity contribution < 1.29 is 24.2 Å². The molecule has 2 aromatic rings. The number of benzene rings is 1. The van der Waals surface area contributed by atoms with Crippen LogP contribution >= 0.6 is 0 Å². The summed E-state index contributed by atoms with van der Waals surface area (Å²) in [6.45, 7) is 2.26. The number of hydrogen-bond acceptors (Lipinski definition) is 5. The van der Waals surface area contributed by atoms with Gasteiger partial charge >= 0.3 is 5.97 Å². The number of amides is 1. The second kappa shape index (κ2) is 9.27. The number of carbonyl (C=O) groups excluding carboxylic acids is 1. The van der Waals surface area contributed by atoms with E-state index in [9.17, 15) is 9.59 Å². The lowest BCUT2D eigenvalue weighted by molar-refractivity contribution is -0.139. The van der Waals surface area contributed by atoms with E-state index in [-0.39, 0.29) is 25.5 Å². The Kier molecular flexibility index (Phi) is 6.76. The van der Waals surface area contributed by atoms with Crippen molar-refractivity contribution in [2.75, 3.05) is 19.7 Å². The summed E-state index contributed by atoms with van der Waals surface area (Å²) in [5, 5.41) is 8.69. The highest BCUT2D eigenvalue weighted by atomic mass is 16.5. The maximum atomic E-state index is 12.0. The Hall–Kier alpha value is -3.09. The number of pyridine rings is 1. The SMILES string of the molecule is CCN(CCC(=O)O)C(=O)COc1ccc(Oc2ccccn2)cc1. The van der Waals surface area contributed by atoms with Crippen LogP contribution in [0.5, 0.6) is 17.4 Å². The minimum Gasteiger partial charge on any atom is -0.484 e. The predicted molar refractivity (Wildman–Crippen MR) is 90.8 cm³/mol. The summed E-state index contributed by atoms with van der Waals surface area (Å²) in [5.74, 6) is 0.432. The number of hydrogen-bond donors (Lipinski definition) is 1. The molecule has 1 aromatic heterocycles. The molecule has 1 heterocycles. The molecule has 0 atom stereocenters. The molecule has 0 radical (unpaired) electrons. The van der Waals surface area contributed by atoms with Crippen molar-refractivity contribution in [2.45, 2.75) is 13.3 Å². The molecule has 132 valence electrons. The topological polar surface area (TPSA) is 89.0 Å². The fraction of sp³-hybridized carbons (Fsp3) is 0.278. The zero-order valence-electron chi connectivity index (χ0n) is 13.9. The van der Waals surface area contributed by atoms with Gasteiger partial charge in [-0.25, -0.2) is 4.98 Å². The maximum absolute atomic E-state index is 12.0. The third-order valence-corrected chi connectivity index (χ3v) is 3.38. The van der Waals surface area contributed by atoms with Gasteiger partial charge in [0.25, 0.3) is 5.91 Å². The Morgan fingerprint density at radius 2 is 1.84 bits per heavy atom. The number of rotatable bonds is 9. The molecule has 0 unspecified atom stereocenters. The second-order valence-electron chi connectivity index (χ2n) is 5.15. The van der Waals surface area contributed by atoms with Crippen LogP contribution in [0.2, 0.25) is 0 Å². The van der Waals surface area contributed by atoms with E-state index in [1.807, 2.05) is 6.07 Å². The molecule has 1 aromatic carbocycles. The number of ether oxygens (including phenoxy) is 2. The van der Waals surface area contributed by atoms with Crippen molar-refractivity contribution in [3.05, 3.63) is 48.7 Å². The molecular formula is C18H20N2O5. The van der Waals surface area contributed by atoms with Gasteiger partial charge in [-0.15, -0.1) is 0 Å². The highest BCUT2D eigenvalue weighted by Crippen LogP contribution is 2.22. The van der Waals surface area contributed by atoms with Gasteiger partial charge < -0.3 is 19.5 Å². The van der Waals surface area contributed by atoms with Gasteiger partial charge in [0.1, 0.15) is 11.5 Å². The molecule has 2 rings (SSSR count). The van der Waals surface area contributed by atoms with E-state index in [1.165, 1.54) is 4.90 Å². The van der Waals surface area contributed by atoms with Crippen LogP contribution in [0, 0.1) is 0 Å². The Morgan fingerprint density at radius 3 is 2.44 bits per heavy atom. The number of likely N-dealkylation sites (N-methyl/N-ethyl adjacent to an activating group) is 1. The minimum absolute atomic E-state index is 0.0842. The lowest BCUT2D eigenvalue weighted by Gasteiger charge is -2.20. The van der Waals surface area contributed by atoms with Crippen LogP contribution in [-0.2, 0) is 9.59 Å². The lowest BCUT2D eigenvalue weighted by Crippen LogP contribution is -2.36. The van der Waals surface area contributed by atoms with Gasteiger partial charge in [-0.1, -0.05) is 6.07 Å². The first-order valence-corrected chi connectivity index (χ1v) is 7.90. The van der Waals surface area contributed by atoms with E-state index in [4.69, 9.17) is 14.6 Å². The average molecular weight is 344 g/mol. The molecule has 7 heteroatoms. The van der Waals surface area contributed by atoms with Gasteiger partial charge in [-0.3, -0.25) is 9.59 Å². The summed E-state index contributed by atoms with van der Waals surface area (Å²) in [6.07, 6.45) is 1.56. The molecule has 0 aliphatic carbocycles. The highest BCUT2D eigenvalue weighted by molar-refractivity contribution is 5.78. The van der Waals surface area contributed by atoms with E-state index in [1.54, 1.807) is 49.5 Å². The molecule has 25 heavy (non-hydrogen) atoms. The van der Waals surface area contributed by atoms with E-state index < -0.39 is 5.97 Å². The molecule has 0 spiro atoms. The largest absolute Gasteiger partial charge is 0.484 e. The summed E-state index contributed by atoms with van der Waals surface area (Å²) in [4.78, 5) is 28.2. The second-order valence-corrected chi connectivity index (χ2v) is 5.15. The third kappa shape index (κ3) is 6.14. The van der Waals surface area contributed by atoms with Crippen LogP contribution in [0.15, 0.2) is 48.7 Å². The zero-order chi connectivity index (χ0) is 18.1. The molecule has 0 fully saturated rings. The molecule has 1 amide bonds. The van der Waals surface area contributed by atoms with Crippen molar-refractivity contribution in [1.82, 2.24) is 9.88 Å². The number of nitrogens with zero attached hydrogens (tertiary/aromatic N) is 2. The number of aliphatic carboxylic acids is 1. The molecular weight excluding hydrogens is 324 g/mol. The first-order chi connectivity index (χ1) is 12.1. The number of carboxylic acid groups (broad SMARTS) is 1. The average Bonchev–Trinajstić information content (AvgIpc) is 2.62. The Bertz CT molecular complexity index is 688. The van der Waals surface area contributed by atoms with E-state index in [2.05, 4.69) is 4.98 Å². The molecule has 0 aliphatic rings. The van der Waals surface area contributed by atoms with Crippen LogP contribution in [0.25, 0.3) is 0 Å². The fourth-order valence-corrected chi connectivity index (χ4v) is 2.06. The first-order valence-electron chi connectivity index (χ1n) is 7.90. The standard InChI is InChI=1S/C18H20N2O5/c1-2-20(12-10-18(22)23)17(21)13-24-14-6-8-15(9-7-14)25-16-5-3-4-11-19-16/h3-9,11H,2,10,12-13H2,1H3,(H,22,23). The third-order valence-electron chi connectivity index (χ3n) is 3.38. The smallest absolute Gasteiger partial charge is 0.305 e. The highest BCUT2D eigenvalue weighted by Gasteiger charge is 2.13. The summed E-state index contributed by atoms with van der Waals surface area (Å²) in [5.41, 5.74) is 0. The predicted octanol–water partition coefficient (Wildman–Crippen LogP) is 2.58. The van der Waals surface area contributed by atoms with Gasteiger partial charge in [0, 0.05) is 25.4 Å². The Labute approximate surface area is 145 Å². The molecule has 0 aliphatic heterocycles. The summed E-state index contributed by atoms with van der Waals surface area (Å²) in [6, 6.07) is 12.2. The van der Waals surface area contributed by atoms with Crippen molar-refractivity contribution in [1.29, 1.82) is 0 Å². The van der Waals surface area contributed by atoms with Crippen LogP contribution in [-0.4, -0.2) is 46.6 Å². The molecule has 0 bridgehead atoms. The zero-order valence-corrected chi connectivity index (χ0v) is 13.9. The minimum atomic E-state index is -0.935. The van der Waals surface area contributed by atoms with Crippen molar-refractivity contribution >= 4 is 11.9 Å².